The lowest BCUT2D eigenvalue weighted by Crippen LogP contribution is -2.19. The third kappa shape index (κ3) is 3.69. The molecule has 19 heavy (non-hydrogen) atoms. The van der Waals surface area contributed by atoms with Gasteiger partial charge in [-0.25, -0.2) is 0 Å². The topological polar surface area (TPSA) is 34.4 Å². The summed E-state index contributed by atoms with van der Waals surface area (Å²) in [6.07, 6.45) is 2.78. The van der Waals surface area contributed by atoms with Crippen molar-refractivity contribution in [1.82, 2.24) is 5.32 Å². The van der Waals surface area contributed by atoms with Crippen LogP contribution in [0.15, 0.2) is 41.3 Å². The Hall–Kier alpha value is -1.58. The Bertz CT molecular complexity index is 531. The van der Waals surface area contributed by atoms with Gasteiger partial charge in [0.2, 0.25) is 0 Å². The van der Waals surface area contributed by atoms with Crippen LogP contribution >= 0.6 is 0 Å². The summed E-state index contributed by atoms with van der Waals surface area (Å²) in [5.74, 6) is 0.987. The molecule has 0 aliphatic rings. The average Bonchev–Trinajstić information content (AvgIpc) is 2.74. The van der Waals surface area contributed by atoms with E-state index in [0.717, 1.165) is 44.1 Å². The standard InChI is InChI=1S/C16H21NO2/c1-3-4-10-18-11-9-17-12-15-13(2)19-16-8-6-5-7-14(15)16/h3,5-8,17H,1,4,9-12H2,2H3. The Morgan fingerprint density at radius 3 is 3.00 bits per heavy atom. The van der Waals surface area contributed by atoms with Crippen LogP contribution in [-0.4, -0.2) is 19.8 Å². The number of fused-ring (bicyclic) bond motifs is 1. The first-order valence-corrected chi connectivity index (χ1v) is 6.69. The molecule has 0 atom stereocenters. The van der Waals surface area contributed by atoms with Crippen LogP contribution in [-0.2, 0) is 11.3 Å². The monoisotopic (exact) mass is 259 g/mol. The van der Waals surface area contributed by atoms with Crippen molar-refractivity contribution in [2.75, 3.05) is 19.8 Å². The lowest BCUT2D eigenvalue weighted by Gasteiger charge is -2.05. The average molecular weight is 259 g/mol. The van der Waals surface area contributed by atoms with Crippen LogP contribution in [0.4, 0.5) is 0 Å². The number of ether oxygens (including phenoxy) is 1. The molecule has 1 heterocycles. The van der Waals surface area contributed by atoms with Crippen LogP contribution < -0.4 is 5.32 Å². The van der Waals surface area contributed by atoms with Gasteiger partial charge in [0.05, 0.1) is 13.2 Å². The zero-order valence-electron chi connectivity index (χ0n) is 11.4. The van der Waals surface area contributed by atoms with Gasteiger partial charge in [0, 0.05) is 24.0 Å². The van der Waals surface area contributed by atoms with Crippen molar-refractivity contribution in [2.45, 2.75) is 19.9 Å². The predicted octanol–water partition coefficient (Wildman–Crippen LogP) is 3.42. The molecule has 0 radical (unpaired) electrons. The van der Waals surface area contributed by atoms with Crippen molar-refractivity contribution >= 4 is 11.0 Å². The van der Waals surface area contributed by atoms with Crippen LogP contribution in [0.1, 0.15) is 17.7 Å². The highest BCUT2D eigenvalue weighted by Gasteiger charge is 2.09. The fourth-order valence-corrected chi connectivity index (χ4v) is 2.07. The van der Waals surface area contributed by atoms with Gasteiger partial charge in [-0.3, -0.25) is 0 Å². The lowest BCUT2D eigenvalue weighted by molar-refractivity contribution is 0.140. The summed E-state index contributed by atoms with van der Waals surface area (Å²) in [4.78, 5) is 0. The molecule has 1 aromatic heterocycles. The Labute approximate surface area is 114 Å². The van der Waals surface area contributed by atoms with Crippen LogP contribution in [0.5, 0.6) is 0 Å². The van der Waals surface area contributed by atoms with E-state index in [1.807, 2.05) is 31.2 Å². The number of aryl methyl sites for hydroxylation is 1. The third-order valence-electron chi connectivity index (χ3n) is 3.09. The molecular formula is C16H21NO2. The second kappa shape index (κ2) is 7.12. The van der Waals surface area contributed by atoms with E-state index in [2.05, 4.69) is 18.0 Å². The molecule has 0 spiro atoms. The van der Waals surface area contributed by atoms with Gasteiger partial charge in [-0.15, -0.1) is 6.58 Å². The van der Waals surface area contributed by atoms with Gasteiger partial charge in [0.15, 0.2) is 0 Å². The summed E-state index contributed by atoms with van der Waals surface area (Å²) in [5.41, 5.74) is 2.20. The highest BCUT2D eigenvalue weighted by atomic mass is 16.5. The van der Waals surface area contributed by atoms with Gasteiger partial charge in [-0.1, -0.05) is 24.3 Å². The van der Waals surface area contributed by atoms with E-state index in [9.17, 15) is 0 Å². The fourth-order valence-electron chi connectivity index (χ4n) is 2.07. The smallest absolute Gasteiger partial charge is 0.134 e. The van der Waals surface area contributed by atoms with Gasteiger partial charge >= 0.3 is 0 Å². The van der Waals surface area contributed by atoms with Crippen molar-refractivity contribution in [3.8, 4) is 0 Å². The maximum absolute atomic E-state index is 5.73. The minimum Gasteiger partial charge on any atom is -0.461 e. The molecule has 3 nitrogen and oxygen atoms in total. The maximum atomic E-state index is 5.73. The molecule has 0 bridgehead atoms. The maximum Gasteiger partial charge on any atom is 0.134 e. The molecular weight excluding hydrogens is 238 g/mol. The van der Waals surface area contributed by atoms with Crippen LogP contribution in [0.25, 0.3) is 11.0 Å². The summed E-state index contributed by atoms with van der Waals surface area (Å²) in [7, 11) is 0. The molecule has 0 saturated carbocycles. The van der Waals surface area contributed by atoms with Crippen LogP contribution in [0.2, 0.25) is 0 Å². The number of rotatable bonds is 8. The summed E-state index contributed by atoms with van der Waals surface area (Å²) < 4.78 is 11.2. The van der Waals surface area contributed by atoms with Gasteiger partial charge in [0.1, 0.15) is 11.3 Å². The number of para-hydroxylation sites is 1. The van der Waals surface area contributed by atoms with Crippen LogP contribution in [0.3, 0.4) is 0 Å². The van der Waals surface area contributed by atoms with Gasteiger partial charge < -0.3 is 14.5 Å². The first-order valence-electron chi connectivity index (χ1n) is 6.69. The van der Waals surface area contributed by atoms with Gasteiger partial charge in [-0.05, 0) is 19.4 Å². The number of nitrogens with one attached hydrogen (secondary N) is 1. The summed E-state index contributed by atoms with van der Waals surface area (Å²) in [5, 5.41) is 4.58. The first-order chi connectivity index (χ1) is 9.33. The number of hydrogen-bond acceptors (Lipinski definition) is 3. The molecule has 0 fully saturated rings. The summed E-state index contributed by atoms with van der Waals surface area (Å²) >= 11 is 0. The van der Waals surface area contributed by atoms with Crippen molar-refractivity contribution in [3.63, 3.8) is 0 Å². The quantitative estimate of drug-likeness (QED) is 0.582. The number of furan rings is 1. The Morgan fingerprint density at radius 1 is 1.32 bits per heavy atom. The predicted molar refractivity (Wildman–Crippen MR) is 78.3 cm³/mol. The molecule has 102 valence electrons. The van der Waals surface area contributed by atoms with Crippen molar-refractivity contribution in [3.05, 3.63) is 48.2 Å². The Kier molecular flexibility index (Phi) is 5.19. The lowest BCUT2D eigenvalue weighted by atomic mass is 10.1. The zero-order chi connectivity index (χ0) is 13.5. The molecule has 0 aliphatic heterocycles. The second-order valence-corrected chi connectivity index (χ2v) is 4.50. The molecule has 1 N–H and O–H groups in total. The van der Waals surface area contributed by atoms with E-state index in [0.29, 0.717) is 0 Å². The Morgan fingerprint density at radius 2 is 2.16 bits per heavy atom. The largest absolute Gasteiger partial charge is 0.461 e. The molecule has 0 aliphatic carbocycles. The molecule has 2 rings (SSSR count). The normalized spacial score (nSPS) is 11.0. The summed E-state index contributed by atoms with van der Waals surface area (Å²) in [6.45, 7) is 8.80. The van der Waals surface area contributed by atoms with E-state index in [1.54, 1.807) is 0 Å². The van der Waals surface area contributed by atoms with E-state index in [-0.39, 0.29) is 0 Å². The summed E-state index contributed by atoms with van der Waals surface area (Å²) in [6, 6.07) is 8.14. The molecule has 0 saturated heterocycles. The van der Waals surface area contributed by atoms with E-state index < -0.39 is 0 Å². The molecule has 2 aromatic rings. The molecule has 3 heteroatoms. The third-order valence-corrected chi connectivity index (χ3v) is 3.09. The SMILES string of the molecule is C=CCCOCCNCc1c(C)oc2ccccc12. The van der Waals surface area contributed by atoms with E-state index in [1.165, 1.54) is 10.9 Å². The fraction of sp³-hybridized carbons (Fsp3) is 0.375. The molecule has 1 aromatic carbocycles. The first kappa shape index (κ1) is 13.8. The minimum atomic E-state index is 0.725. The zero-order valence-corrected chi connectivity index (χ0v) is 11.4. The van der Waals surface area contributed by atoms with Crippen LogP contribution in [0, 0.1) is 6.92 Å². The molecule has 0 unspecified atom stereocenters. The van der Waals surface area contributed by atoms with Crippen molar-refractivity contribution in [1.29, 1.82) is 0 Å². The second-order valence-electron chi connectivity index (χ2n) is 4.50. The molecule has 0 amide bonds. The minimum absolute atomic E-state index is 0.725. The van der Waals surface area contributed by atoms with Gasteiger partial charge in [0.25, 0.3) is 0 Å². The number of benzene rings is 1. The van der Waals surface area contributed by atoms with E-state index in [4.69, 9.17) is 9.15 Å². The highest BCUT2D eigenvalue weighted by Crippen LogP contribution is 2.24. The van der Waals surface area contributed by atoms with E-state index >= 15 is 0 Å². The van der Waals surface area contributed by atoms with Gasteiger partial charge in [-0.2, -0.15) is 0 Å². The Balaban J connectivity index is 1.81. The number of hydrogen-bond donors (Lipinski definition) is 1. The van der Waals surface area contributed by atoms with Crippen molar-refractivity contribution < 1.29 is 9.15 Å². The van der Waals surface area contributed by atoms with Crippen molar-refractivity contribution in [2.24, 2.45) is 0 Å². The highest BCUT2D eigenvalue weighted by molar-refractivity contribution is 5.82.